The molecule has 0 aliphatic carbocycles. The molecule has 0 unspecified atom stereocenters. The average molecular weight is 284 g/mol. The van der Waals surface area contributed by atoms with Crippen molar-refractivity contribution in [2.75, 3.05) is 44.4 Å². The lowest BCUT2D eigenvalue weighted by Gasteiger charge is -2.34. The van der Waals surface area contributed by atoms with Crippen LogP contribution >= 0.6 is 0 Å². The van der Waals surface area contributed by atoms with E-state index in [0.717, 1.165) is 41.4 Å². The molecule has 2 aromatic rings. The van der Waals surface area contributed by atoms with Gasteiger partial charge in [-0.2, -0.15) is 0 Å². The molecule has 1 fully saturated rings. The van der Waals surface area contributed by atoms with Crippen molar-refractivity contribution in [3.05, 3.63) is 30.3 Å². The predicted octanol–water partition coefficient (Wildman–Crippen LogP) is 2.60. The standard InChI is InChI=1S/C17H24N4/c1-20(2)12-13-7-9-21(10-8-13)17-6-3-14-11-15(18)4-5-16(14)19-17/h3-6,11,13H,7-10,12,18H2,1-2H3. The van der Waals surface area contributed by atoms with Gasteiger partial charge >= 0.3 is 0 Å². The topological polar surface area (TPSA) is 45.4 Å². The molecule has 0 atom stereocenters. The summed E-state index contributed by atoms with van der Waals surface area (Å²) in [5.74, 6) is 1.91. The number of nitrogens with zero attached hydrogens (tertiary/aromatic N) is 3. The quantitative estimate of drug-likeness (QED) is 0.880. The van der Waals surface area contributed by atoms with E-state index in [-0.39, 0.29) is 0 Å². The summed E-state index contributed by atoms with van der Waals surface area (Å²) < 4.78 is 0. The molecule has 1 aliphatic heterocycles. The zero-order chi connectivity index (χ0) is 14.8. The largest absolute Gasteiger partial charge is 0.399 e. The zero-order valence-corrected chi connectivity index (χ0v) is 12.9. The Morgan fingerprint density at radius 1 is 1.19 bits per heavy atom. The highest BCUT2D eigenvalue weighted by Gasteiger charge is 2.20. The van der Waals surface area contributed by atoms with E-state index in [4.69, 9.17) is 10.7 Å². The summed E-state index contributed by atoms with van der Waals surface area (Å²) in [6.07, 6.45) is 2.50. The van der Waals surface area contributed by atoms with Gasteiger partial charge in [-0.05, 0) is 63.2 Å². The lowest BCUT2D eigenvalue weighted by molar-refractivity contribution is 0.284. The van der Waals surface area contributed by atoms with Crippen molar-refractivity contribution < 1.29 is 0 Å². The summed E-state index contributed by atoms with van der Waals surface area (Å²) >= 11 is 0. The second kappa shape index (κ2) is 5.90. The Labute approximate surface area is 126 Å². The van der Waals surface area contributed by atoms with Gasteiger partial charge in [0.25, 0.3) is 0 Å². The van der Waals surface area contributed by atoms with Crippen LogP contribution < -0.4 is 10.6 Å². The zero-order valence-electron chi connectivity index (χ0n) is 12.9. The molecule has 1 saturated heterocycles. The first-order valence-electron chi connectivity index (χ1n) is 7.68. The van der Waals surface area contributed by atoms with Gasteiger partial charge < -0.3 is 15.5 Å². The molecule has 0 radical (unpaired) electrons. The SMILES string of the molecule is CN(C)CC1CCN(c2ccc3cc(N)ccc3n2)CC1. The van der Waals surface area contributed by atoms with Gasteiger partial charge in [0, 0.05) is 30.7 Å². The molecule has 2 N–H and O–H groups in total. The normalized spacial score (nSPS) is 16.8. The minimum Gasteiger partial charge on any atom is -0.399 e. The third-order valence-corrected chi connectivity index (χ3v) is 4.26. The molecule has 4 heteroatoms. The highest BCUT2D eigenvalue weighted by molar-refractivity contribution is 5.83. The second-order valence-corrected chi connectivity index (χ2v) is 6.31. The first-order chi connectivity index (χ1) is 10.1. The summed E-state index contributed by atoms with van der Waals surface area (Å²) in [5.41, 5.74) is 7.64. The maximum atomic E-state index is 5.82. The van der Waals surface area contributed by atoms with E-state index >= 15 is 0 Å². The van der Waals surface area contributed by atoms with Crippen molar-refractivity contribution in [2.45, 2.75) is 12.8 Å². The lowest BCUT2D eigenvalue weighted by atomic mass is 9.96. The molecule has 3 rings (SSSR count). The van der Waals surface area contributed by atoms with Crippen molar-refractivity contribution in [3.63, 3.8) is 0 Å². The summed E-state index contributed by atoms with van der Waals surface area (Å²) in [7, 11) is 4.31. The number of nitrogens with two attached hydrogens (primary N) is 1. The van der Waals surface area contributed by atoms with Crippen LogP contribution in [0.2, 0.25) is 0 Å². The molecule has 0 spiro atoms. The Kier molecular flexibility index (Phi) is 3.97. The monoisotopic (exact) mass is 284 g/mol. The van der Waals surface area contributed by atoms with Crippen LogP contribution in [-0.4, -0.2) is 43.6 Å². The van der Waals surface area contributed by atoms with E-state index in [1.54, 1.807) is 0 Å². The fourth-order valence-corrected chi connectivity index (χ4v) is 3.17. The van der Waals surface area contributed by atoms with Crippen LogP contribution in [0.5, 0.6) is 0 Å². The van der Waals surface area contributed by atoms with Gasteiger partial charge in [-0.3, -0.25) is 0 Å². The maximum absolute atomic E-state index is 5.82. The molecular formula is C17H24N4. The Morgan fingerprint density at radius 3 is 2.67 bits per heavy atom. The Balaban J connectivity index is 1.72. The predicted molar refractivity (Wildman–Crippen MR) is 89.6 cm³/mol. The Morgan fingerprint density at radius 2 is 1.95 bits per heavy atom. The smallest absolute Gasteiger partial charge is 0.129 e. The van der Waals surface area contributed by atoms with Crippen LogP contribution in [0.1, 0.15) is 12.8 Å². The summed E-state index contributed by atoms with van der Waals surface area (Å²) in [4.78, 5) is 9.48. The molecule has 4 nitrogen and oxygen atoms in total. The van der Waals surface area contributed by atoms with Crippen LogP contribution in [0.3, 0.4) is 0 Å². The number of hydrogen-bond acceptors (Lipinski definition) is 4. The summed E-state index contributed by atoms with van der Waals surface area (Å²) in [6.45, 7) is 3.40. The second-order valence-electron chi connectivity index (χ2n) is 6.31. The van der Waals surface area contributed by atoms with Gasteiger partial charge in [0.15, 0.2) is 0 Å². The van der Waals surface area contributed by atoms with Gasteiger partial charge in [0.05, 0.1) is 5.52 Å². The number of rotatable bonds is 3. The number of piperidine rings is 1. The van der Waals surface area contributed by atoms with Crippen LogP contribution in [0.25, 0.3) is 10.9 Å². The third-order valence-electron chi connectivity index (χ3n) is 4.26. The molecule has 1 aliphatic rings. The number of aromatic nitrogens is 1. The molecule has 112 valence electrons. The number of pyridine rings is 1. The molecule has 1 aromatic carbocycles. The fraction of sp³-hybridized carbons (Fsp3) is 0.471. The van der Waals surface area contributed by atoms with Crippen molar-refractivity contribution in [1.29, 1.82) is 0 Å². The fourth-order valence-electron chi connectivity index (χ4n) is 3.17. The van der Waals surface area contributed by atoms with Gasteiger partial charge in [-0.1, -0.05) is 0 Å². The van der Waals surface area contributed by atoms with E-state index in [2.05, 4.69) is 36.0 Å². The van der Waals surface area contributed by atoms with Crippen molar-refractivity contribution in [1.82, 2.24) is 9.88 Å². The summed E-state index contributed by atoms with van der Waals surface area (Å²) in [5, 5.41) is 1.11. The molecule has 1 aromatic heterocycles. The highest BCUT2D eigenvalue weighted by Crippen LogP contribution is 2.25. The number of fused-ring (bicyclic) bond motifs is 1. The lowest BCUT2D eigenvalue weighted by Crippen LogP contribution is -2.37. The molecule has 0 amide bonds. The van der Waals surface area contributed by atoms with Gasteiger partial charge in [0.1, 0.15) is 5.82 Å². The molecule has 0 bridgehead atoms. The number of nitrogen functional groups attached to an aromatic ring is 1. The number of benzene rings is 1. The van der Waals surface area contributed by atoms with Crippen molar-refractivity contribution >= 4 is 22.4 Å². The Bertz CT molecular complexity index is 615. The molecular weight excluding hydrogens is 260 g/mol. The van der Waals surface area contributed by atoms with Crippen LogP contribution in [0.4, 0.5) is 11.5 Å². The number of anilines is 2. The van der Waals surface area contributed by atoms with E-state index in [0.29, 0.717) is 0 Å². The Hall–Kier alpha value is -1.81. The van der Waals surface area contributed by atoms with Crippen LogP contribution in [0, 0.1) is 5.92 Å². The molecule has 0 saturated carbocycles. The molecule has 21 heavy (non-hydrogen) atoms. The van der Waals surface area contributed by atoms with Crippen LogP contribution in [-0.2, 0) is 0 Å². The van der Waals surface area contributed by atoms with E-state index in [1.165, 1.54) is 19.4 Å². The minimum atomic E-state index is 0.793. The van der Waals surface area contributed by atoms with Gasteiger partial charge in [-0.25, -0.2) is 4.98 Å². The summed E-state index contributed by atoms with van der Waals surface area (Å²) in [6, 6.07) is 10.2. The number of hydrogen-bond donors (Lipinski definition) is 1. The van der Waals surface area contributed by atoms with Crippen LogP contribution in [0.15, 0.2) is 30.3 Å². The minimum absolute atomic E-state index is 0.793. The average Bonchev–Trinajstić information content (AvgIpc) is 2.47. The highest BCUT2D eigenvalue weighted by atomic mass is 15.2. The van der Waals surface area contributed by atoms with Gasteiger partial charge in [-0.15, -0.1) is 0 Å². The first kappa shape index (κ1) is 14.1. The van der Waals surface area contributed by atoms with Crippen molar-refractivity contribution in [3.8, 4) is 0 Å². The maximum Gasteiger partial charge on any atom is 0.129 e. The van der Waals surface area contributed by atoms with E-state index in [1.807, 2.05) is 18.2 Å². The van der Waals surface area contributed by atoms with Gasteiger partial charge in [0.2, 0.25) is 0 Å². The first-order valence-corrected chi connectivity index (χ1v) is 7.68. The van der Waals surface area contributed by atoms with E-state index in [9.17, 15) is 0 Å². The third kappa shape index (κ3) is 3.27. The van der Waals surface area contributed by atoms with Crippen molar-refractivity contribution in [2.24, 2.45) is 5.92 Å². The van der Waals surface area contributed by atoms with E-state index < -0.39 is 0 Å². The molecule has 2 heterocycles.